The van der Waals surface area contributed by atoms with E-state index in [1.165, 1.54) is 161 Å². The van der Waals surface area contributed by atoms with Crippen LogP contribution < -0.4 is 11.1 Å². The molecule has 0 aromatic rings. The number of carbonyl (C=O) groups excluding carboxylic acids is 2. The molecule has 4 N–H and O–H groups in total. The molecule has 0 aromatic carbocycles. The third-order valence-electron chi connectivity index (χ3n) is 11.8. The lowest BCUT2D eigenvalue weighted by Gasteiger charge is -2.18. The fourth-order valence-electron chi connectivity index (χ4n) is 7.90. The second-order valence-corrected chi connectivity index (χ2v) is 17.6. The molecule has 0 fully saturated rings. The maximum Gasteiger partial charge on any atom is 0.326 e. The fraction of sp³-hybridized carbons (Fsp3) is 0.865. The molecule has 0 saturated carbocycles. The monoisotopic (exact) mass is 831 g/mol. The van der Waals surface area contributed by atoms with E-state index in [0.717, 1.165) is 70.6 Å². The Hall–Kier alpha value is -2.15. The first-order valence-corrected chi connectivity index (χ1v) is 25.7. The van der Waals surface area contributed by atoms with Gasteiger partial charge in [0.05, 0.1) is 0 Å². The molecule has 1 amide bonds. The standard InChI is InChI=1S/C52H98N2O5/c1-3-5-7-9-11-13-15-17-18-19-20-21-22-23-24-25-27-29-31-36-40-46-51(56)59-48(42-37-33-30-28-26-16-14-12-10-8-6-4-2)43-38-34-32-35-39-45-50(55)54-49(52(57)58)44-41-47-53/h15,17,19-20,48-49H,3-14,16,18,21-47,53H2,1-2H3,(H,54,55)(H,57,58)/b17-15-,20-19-. The van der Waals surface area contributed by atoms with E-state index >= 15 is 0 Å². The summed E-state index contributed by atoms with van der Waals surface area (Å²) in [6, 6.07) is -0.855. The molecule has 0 radical (unpaired) electrons. The Balaban J connectivity index is 4.21. The van der Waals surface area contributed by atoms with Gasteiger partial charge < -0.3 is 20.9 Å². The summed E-state index contributed by atoms with van der Waals surface area (Å²) >= 11 is 0. The van der Waals surface area contributed by atoms with Gasteiger partial charge in [-0.05, 0) is 90.0 Å². The number of carboxylic acid groups (broad SMARTS) is 1. The predicted molar refractivity (Wildman–Crippen MR) is 253 cm³/mol. The summed E-state index contributed by atoms with van der Waals surface area (Å²) < 4.78 is 6.08. The number of rotatable bonds is 47. The van der Waals surface area contributed by atoms with Gasteiger partial charge in [-0.15, -0.1) is 0 Å². The molecule has 0 aliphatic carbocycles. The van der Waals surface area contributed by atoms with Crippen LogP contribution in [-0.2, 0) is 19.1 Å². The molecule has 0 bridgehead atoms. The molecule has 0 aliphatic rings. The summed E-state index contributed by atoms with van der Waals surface area (Å²) in [5.74, 6) is -1.22. The number of unbranched alkanes of at least 4 members (excludes halogenated alkanes) is 29. The number of nitrogens with one attached hydrogen (secondary N) is 1. The van der Waals surface area contributed by atoms with Crippen molar-refractivity contribution in [2.75, 3.05) is 6.54 Å². The maximum absolute atomic E-state index is 12.9. The van der Waals surface area contributed by atoms with Crippen molar-refractivity contribution in [3.05, 3.63) is 24.3 Å². The van der Waals surface area contributed by atoms with E-state index in [2.05, 4.69) is 43.5 Å². The van der Waals surface area contributed by atoms with E-state index in [-0.39, 0.29) is 18.0 Å². The molecule has 7 nitrogen and oxygen atoms in total. The van der Waals surface area contributed by atoms with Crippen LogP contribution in [0.15, 0.2) is 24.3 Å². The highest BCUT2D eigenvalue weighted by atomic mass is 16.5. The predicted octanol–water partition coefficient (Wildman–Crippen LogP) is 15.2. The number of ether oxygens (including phenoxy) is 1. The SMILES string of the molecule is CCCCCCC/C=C\C/C=C\CCCCCCCCCCCC(=O)OC(CCCCCCCCCCCCCC)CCCCCCCC(=O)NC(CCCN)C(=O)O. The Morgan fingerprint density at radius 2 is 0.881 bits per heavy atom. The first-order valence-electron chi connectivity index (χ1n) is 25.7. The van der Waals surface area contributed by atoms with Crippen molar-refractivity contribution in [2.45, 2.75) is 283 Å². The average molecular weight is 831 g/mol. The maximum atomic E-state index is 12.9. The molecule has 0 aromatic heterocycles. The number of hydrogen-bond donors (Lipinski definition) is 3. The smallest absolute Gasteiger partial charge is 0.326 e. The Labute approximate surface area is 365 Å². The quantitative estimate of drug-likeness (QED) is 0.0319. The second-order valence-electron chi connectivity index (χ2n) is 17.6. The summed E-state index contributed by atoms with van der Waals surface area (Å²) in [6.07, 6.45) is 55.2. The van der Waals surface area contributed by atoms with Crippen molar-refractivity contribution in [3.8, 4) is 0 Å². The summed E-state index contributed by atoms with van der Waals surface area (Å²) in [5, 5.41) is 12.0. The summed E-state index contributed by atoms with van der Waals surface area (Å²) in [4.78, 5) is 36.5. The van der Waals surface area contributed by atoms with Crippen LogP contribution in [0.25, 0.3) is 0 Å². The molecule has 346 valence electrons. The van der Waals surface area contributed by atoms with Gasteiger partial charge in [0, 0.05) is 12.8 Å². The number of carbonyl (C=O) groups is 3. The van der Waals surface area contributed by atoms with E-state index in [1.807, 2.05) is 0 Å². The van der Waals surface area contributed by atoms with Crippen molar-refractivity contribution < 1.29 is 24.2 Å². The first-order chi connectivity index (χ1) is 28.9. The molecule has 0 heterocycles. The van der Waals surface area contributed by atoms with Gasteiger partial charge in [0.25, 0.3) is 0 Å². The van der Waals surface area contributed by atoms with Gasteiger partial charge >= 0.3 is 11.9 Å². The van der Waals surface area contributed by atoms with E-state index in [0.29, 0.717) is 32.2 Å². The van der Waals surface area contributed by atoms with Crippen LogP contribution in [0.3, 0.4) is 0 Å². The van der Waals surface area contributed by atoms with E-state index in [1.54, 1.807) is 0 Å². The van der Waals surface area contributed by atoms with Gasteiger partial charge in [0.1, 0.15) is 12.1 Å². The molecule has 2 atom stereocenters. The number of allylic oxidation sites excluding steroid dienone is 4. The molecular weight excluding hydrogens is 733 g/mol. The zero-order chi connectivity index (χ0) is 43.1. The molecule has 0 aliphatic heterocycles. The molecule has 2 unspecified atom stereocenters. The van der Waals surface area contributed by atoms with Crippen molar-refractivity contribution >= 4 is 17.8 Å². The van der Waals surface area contributed by atoms with Crippen LogP contribution in [0.2, 0.25) is 0 Å². The van der Waals surface area contributed by atoms with E-state index < -0.39 is 12.0 Å². The number of nitrogens with two attached hydrogens (primary N) is 1. The number of amides is 1. The van der Waals surface area contributed by atoms with Crippen molar-refractivity contribution in [3.63, 3.8) is 0 Å². The zero-order valence-electron chi connectivity index (χ0n) is 39.1. The minimum Gasteiger partial charge on any atom is -0.480 e. The highest BCUT2D eigenvalue weighted by Crippen LogP contribution is 2.19. The lowest BCUT2D eigenvalue weighted by molar-refractivity contribution is -0.150. The zero-order valence-corrected chi connectivity index (χ0v) is 39.1. The van der Waals surface area contributed by atoms with Crippen LogP contribution in [0.1, 0.15) is 271 Å². The molecule has 0 saturated heterocycles. The van der Waals surface area contributed by atoms with Crippen LogP contribution in [0.5, 0.6) is 0 Å². The van der Waals surface area contributed by atoms with Gasteiger partial charge in [-0.3, -0.25) is 9.59 Å². The number of aliphatic carboxylic acids is 1. The lowest BCUT2D eigenvalue weighted by Crippen LogP contribution is -2.40. The Kier molecular flexibility index (Phi) is 45.2. The minimum absolute atomic E-state index is 0.0140. The minimum atomic E-state index is -1.00. The first kappa shape index (κ1) is 56.9. The van der Waals surface area contributed by atoms with Crippen LogP contribution in [-0.4, -0.2) is 41.6 Å². The fourth-order valence-corrected chi connectivity index (χ4v) is 7.90. The third kappa shape index (κ3) is 43.7. The van der Waals surface area contributed by atoms with Crippen molar-refractivity contribution in [1.82, 2.24) is 5.32 Å². The van der Waals surface area contributed by atoms with Gasteiger partial charge in [0.2, 0.25) is 5.91 Å². The van der Waals surface area contributed by atoms with E-state index in [4.69, 9.17) is 10.5 Å². The Morgan fingerprint density at radius 1 is 0.492 bits per heavy atom. The normalized spacial score (nSPS) is 12.7. The molecule has 0 spiro atoms. The molecule has 59 heavy (non-hydrogen) atoms. The third-order valence-corrected chi connectivity index (χ3v) is 11.8. The van der Waals surface area contributed by atoms with Gasteiger partial charge in [0.15, 0.2) is 0 Å². The summed E-state index contributed by atoms with van der Waals surface area (Å²) in [5.41, 5.74) is 5.50. The van der Waals surface area contributed by atoms with Crippen LogP contribution in [0.4, 0.5) is 0 Å². The van der Waals surface area contributed by atoms with Crippen molar-refractivity contribution in [1.29, 1.82) is 0 Å². The number of hydrogen-bond acceptors (Lipinski definition) is 5. The Morgan fingerprint density at radius 3 is 1.31 bits per heavy atom. The average Bonchev–Trinajstić information content (AvgIpc) is 3.22. The van der Waals surface area contributed by atoms with Gasteiger partial charge in [-0.2, -0.15) is 0 Å². The Bertz CT molecular complexity index is 982. The van der Waals surface area contributed by atoms with Gasteiger partial charge in [-0.25, -0.2) is 4.79 Å². The van der Waals surface area contributed by atoms with E-state index in [9.17, 15) is 19.5 Å². The lowest BCUT2D eigenvalue weighted by atomic mass is 10.0. The molecular formula is C52H98N2O5. The van der Waals surface area contributed by atoms with Crippen molar-refractivity contribution in [2.24, 2.45) is 5.73 Å². The highest BCUT2D eigenvalue weighted by Gasteiger charge is 2.19. The number of esters is 1. The van der Waals surface area contributed by atoms with Gasteiger partial charge in [-0.1, -0.05) is 199 Å². The topological polar surface area (TPSA) is 119 Å². The molecule has 0 rings (SSSR count). The molecule has 7 heteroatoms. The second kappa shape index (κ2) is 46.9. The highest BCUT2D eigenvalue weighted by molar-refractivity contribution is 5.83. The number of carboxylic acids is 1. The summed E-state index contributed by atoms with van der Waals surface area (Å²) in [6.45, 7) is 4.96. The largest absolute Gasteiger partial charge is 0.480 e. The van der Waals surface area contributed by atoms with Crippen LogP contribution in [0, 0.1) is 0 Å². The van der Waals surface area contributed by atoms with Crippen LogP contribution >= 0.6 is 0 Å². The summed E-state index contributed by atoms with van der Waals surface area (Å²) in [7, 11) is 0.